The molecular formula is C23H21N7O. The van der Waals surface area contributed by atoms with E-state index in [1.165, 1.54) is 0 Å². The highest BCUT2D eigenvalue weighted by Gasteiger charge is 2.19. The summed E-state index contributed by atoms with van der Waals surface area (Å²) in [6, 6.07) is 15.7. The summed E-state index contributed by atoms with van der Waals surface area (Å²) in [5.41, 5.74) is 5.52. The van der Waals surface area contributed by atoms with E-state index in [4.69, 9.17) is 9.82 Å². The number of rotatable bonds is 5. The van der Waals surface area contributed by atoms with E-state index in [-0.39, 0.29) is 6.61 Å². The van der Waals surface area contributed by atoms with Gasteiger partial charge in [-0.3, -0.25) is 4.57 Å². The first-order valence-electron chi connectivity index (χ1n) is 9.98. The van der Waals surface area contributed by atoms with E-state index in [0.717, 1.165) is 45.0 Å². The molecule has 5 rings (SSSR count). The van der Waals surface area contributed by atoms with Crippen molar-refractivity contribution in [1.29, 1.82) is 0 Å². The second kappa shape index (κ2) is 7.64. The van der Waals surface area contributed by atoms with Crippen LogP contribution >= 0.6 is 0 Å². The third-order valence-electron chi connectivity index (χ3n) is 5.34. The standard InChI is InChI=1S/C23H21N7O/c1-15-17(3)30(20-11-7-8-12-24-20)22-21(15)23-26-19(27-29(23)14-25-22)13-31-28-16(2)18-9-5-4-6-10-18/h4-12,14H,13H2,1-3H3/b28-16+. The van der Waals surface area contributed by atoms with Crippen molar-refractivity contribution in [3.05, 3.63) is 83.7 Å². The molecule has 0 amide bonds. The highest BCUT2D eigenvalue weighted by atomic mass is 16.6. The lowest BCUT2D eigenvalue weighted by Gasteiger charge is -2.05. The first-order chi connectivity index (χ1) is 15.1. The summed E-state index contributed by atoms with van der Waals surface area (Å²) in [4.78, 5) is 19.4. The minimum Gasteiger partial charge on any atom is -0.387 e. The Morgan fingerprint density at radius 2 is 1.81 bits per heavy atom. The maximum Gasteiger partial charge on any atom is 0.192 e. The Morgan fingerprint density at radius 1 is 1.00 bits per heavy atom. The third-order valence-corrected chi connectivity index (χ3v) is 5.34. The van der Waals surface area contributed by atoms with Crippen LogP contribution in [-0.2, 0) is 11.4 Å². The monoisotopic (exact) mass is 411 g/mol. The second-order valence-electron chi connectivity index (χ2n) is 7.29. The molecule has 0 bridgehead atoms. The summed E-state index contributed by atoms with van der Waals surface area (Å²) in [5, 5.41) is 9.66. The average molecular weight is 411 g/mol. The van der Waals surface area contributed by atoms with Crippen molar-refractivity contribution in [3.8, 4) is 5.82 Å². The predicted octanol–water partition coefficient (Wildman–Crippen LogP) is 4.02. The fraction of sp³-hybridized carbons (Fsp3) is 0.174. The third kappa shape index (κ3) is 3.31. The normalized spacial score (nSPS) is 12.0. The zero-order valence-electron chi connectivity index (χ0n) is 17.5. The minimum atomic E-state index is 0.173. The number of aromatic nitrogens is 6. The van der Waals surface area contributed by atoms with Crippen LogP contribution in [0.2, 0.25) is 0 Å². The first-order valence-corrected chi connectivity index (χ1v) is 9.98. The number of fused-ring (bicyclic) bond motifs is 3. The van der Waals surface area contributed by atoms with Crippen molar-refractivity contribution in [2.75, 3.05) is 0 Å². The fourth-order valence-electron chi connectivity index (χ4n) is 3.65. The molecular weight excluding hydrogens is 390 g/mol. The molecule has 0 spiro atoms. The van der Waals surface area contributed by atoms with Gasteiger partial charge < -0.3 is 4.84 Å². The molecule has 0 radical (unpaired) electrons. The Balaban J connectivity index is 1.50. The van der Waals surface area contributed by atoms with Crippen molar-refractivity contribution in [2.45, 2.75) is 27.4 Å². The highest BCUT2D eigenvalue weighted by Crippen LogP contribution is 2.28. The van der Waals surface area contributed by atoms with E-state index >= 15 is 0 Å². The van der Waals surface area contributed by atoms with Gasteiger partial charge in [-0.15, -0.1) is 5.10 Å². The maximum absolute atomic E-state index is 5.52. The summed E-state index contributed by atoms with van der Waals surface area (Å²) in [6.45, 7) is 6.21. The number of aryl methyl sites for hydroxylation is 1. The van der Waals surface area contributed by atoms with Crippen LogP contribution in [0.15, 0.2) is 66.2 Å². The predicted molar refractivity (Wildman–Crippen MR) is 118 cm³/mol. The molecule has 0 saturated carbocycles. The largest absolute Gasteiger partial charge is 0.387 e. The van der Waals surface area contributed by atoms with E-state index < -0.39 is 0 Å². The Labute approximate surface area is 178 Å². The van der Waals surface area contributed by atoms with Gasteiger partial charge in [0.25, 0.3) is 0 Å². The molecule has 31 heavy (non-hydrogen) atoms. The molecule has 5 aromatic rings. The van der Waals surface area contributed by atoms with Crippen molar-refractivity contribution >= 4 is 22.4 Å². The SMILES string of the molecule is C/C(=N\OCc1nc2c3c(C)c(C)n(-c4ccccn4)c3ncn2n1)c1ccccc1. The lowest BCUT2D eigenvalue weighted by atomic mass is 10.1. The van der Waals surface area contributed by atoms with Gasteiger partial charge in [0, 0.05) is 11.9 Å². The van der Waals surface area contributed by atoms with Crippen LogP contribution in [0.25, 0.3) is 22.5 Å². The maximum atomic E-state index is 5.52. The molecule has 8 nitrogen and oxygen atoms in total. The molecule has 4 heterocycles. The van der Waals surface area contributed by atoms with Gasteiger partial charge in [0.15, 0.2) is 23.7 Å². The summed E-state index contributed by atoms with van der Waals surface area (Å²) in [7, 11) is 0. The smallest absolute Gasteiger partial charge is 0.192 e. The summed E-state index contributed by atoms with van der Waals surface area (Å²) < 4.78 is 3.73. The molecule has 0 aliphatic rings. The van der Waals surface area contributed by atoms with E-state index in [1.807, 2.05) is 60.0 Å². The number of hydrogen-bond acceptors (Lipinski definition) is 6. The lowest BCUT2D eigenvalue weighted by molar-refractivity contribution is 0.125. The van der Waals surface area contributed by atoms with Crippen molar-refractivity contribution in [3.63, 3.8) is 0 Å². The van der Waals surface area contributed by atoms with E-state index in [1.54, 1.807) is 17.0 Å². The number of oxime groups is 1. The van der Waals surface area contributed by atoms with Crippen LogP contribution in [0.3, 0.4) is 0 Å². The molecule has 0 atom stereocenters. The zero-order chi connectivity index (χ0) is 21.4. The Kier molecular flexibility index (Phi) is 4.66. The summed E-state index contributed by atoms with van der Waals surface area (Å²) in [6.07, 6.45) is 3.45. The van der Waals surface area contributed by atoms with Gasteiger partial charge >= 0.3 is 0 Å². The molecule has 0 saturated heterocycles. The number of benzene rings is 1. The van der Waals surface area contributed by atoms with Gasteiger partial charge in [0.05, 0.1) is 11.1 Å². The van der Waals surface area contributed by atoms with Gasteiger partial charge in [-0.05, 0) is 44.0 Å². The van der Waals surface area contributed by atoms with E-state index in [2.05, 4.69) is 34.1 Å². The Morgan fingerprint density at radius 3 is 2.58 bits per heavy atom. The number of nitrogens with zero attached hydrogens (tertiary/aromatic N) is 7. The fourth-order valence-corrected chi connectivity index (χ4v) is 3.65. The van der Waals surface area contributed by atoms with Gasteiger partial charge in [0.2, 0.25) is 0 Å². The van der Waals surface area contributed by atoms with Crippen LogP contribution in [0, 0.1) is 13.8 Å². The molecule has 8 heteroatoms. The average Bonchev–Trinajstić information content (AvgIpc) is 3.33. The first kappa shape index (κ1) is 18.9. The lowest BCUT2D eigenvalue weighted by Crippen LogP contribution is -2.01. The summed E-state index contributed by atoms with van der Waals surface area (Å²) >= 11 is 0. The van der Waals surface area contributed by atoms with Crippen LogP contribution in [0.4, 0.5) is 0 Å². The highest BCUT2D eigenvalue weighted by molar-refractivity contribution is 5.98. The molecule has 0 N–H and O–H groups in total. The summed E-state index contributed by atoms with van der Waals surface area (Å²) in [5.74, 6) is 1.37. The van der Waals surface area contributed by atoms with Crippen LogP contribution < -0.4 is 0 Å². The molecule has 0 fully saturated rings. The van der Waals surface area contributed by atoms with Gasteiger partial charge in [-0.2, -0.15) is 0 Å². The zero-order valence-corrected chi connectivity index (χ0v) is 17.5. The quantitative estimate of drug-likeness (QED) is 0.322. The molecule has 0 aliphatic heterocycles. The molecule has 1 aromatic carbocycles. The Bertz CT molecular complexity index is 1400. The van der Waals surface area contributed by atoms with Crippen molar-refractivity contribution in [1.82, 2.24) is 29.1 Å². The molecule has 0 unspecified atom stereocenters. The van der Waals surface area contributed by atoms with Crippen molar-refractivity contribution < 1.29 is 4.84 Å². The minimum absolute atomic E-state index is 0.173. The van der Waals surface area contributed by atoms with Crippen LogP contribution in [0.5, 0.6) is 0 Å². The van der Waals surface area contributed by atoms with Gasteiger partial charge in [-0.25, -0.2) is 19.5 Å². The molecule has 4 aromatic heterocycles. The van der Waals surface area contributed by atoms with Crippen LogP contribution in [0.1, 0.15) is 29.6 Å². The van der Waals surface area contributed by atoms with Crippen molar-refractivity contribution in [2.24, 2.45) is 5.16 Å². The number of hydrogen-bond donors (Lipinski definition) is 0. The van der Waals surface area contributed by atoms with E-state index in [0.29, 0.717) is 5.82 Å². The molecule has 0 aliphatic carbocycles. The van der Waals surface area contributed by atoms with Gasteiger partial charge in [-0.1, -0.05) is 41.6 Å². The second-order valence-corrected chi connectivity index (χ2v) is 7.29. The Hall–Kier alpha value is -4.07. The van der Waals surface area contributed by atoms with Gasteiger partial charge in [0.1, 0.15) is 12.1 Å². The topological polar surface area (TPSA) is 82.5 Å². The van der Waals surface area contributed by atoms with Crippen LogP contribution in [-0.4, -0.2) is 34.8 Å². The number of pyridine rings is 1. The molecule has 154 valence electrons. The van der Waals surface area contributed by atoms with E-state index in [9.17, 15) is 0 Å².